The number of amides is 1. The minimum Gasteiger partial charge on any atom is -0.481 e. The summed E-state index contributed by atoms with van der Waals surface area (Å²) in [7, 11) is 0. The molecule has 1 fully saturated rings. The van der Waals surface area contributed by atoms with E-state index < -0.39 is 5.97 Å². The van der Waals surface area contributed by atoms with Crippen LogP contribution in [0.4, 0.5) is 0 Å². The van der Waals surface area contributed by atoms with Crippen molar-refractivity contribution < 1.29 is 19.4 Å². The number of epoxide rings is 1. The van der Waals surface area contributed by atoms with E-state index >= 15 is 0 Å². The van der Waals surface area contributed by atoms with Gasteiger partial charge in [-0.2, -0.15) is 0 Å². The lowest BCUT2D eigenvalue weighted by Crippen LogP contribution is -2.40. The molecule has 5 nitrogen and oxygen atoms in total. The lowest BCUT2D eigenvalue weighted by atomic mass is 9.99. The topological polar surface area (TPSA) is 78.9 Å². The molecule has 1 saturated heterocycles. The molecule has 1 heterocycles. The van der Waals surface area contributed by atoms with Crippen LogP contribution in [-0.4, -0.2) is 35.2 Å². The van der Waals surface area contributed by atoms with Crippen molar-refractivity contribution in [1.82, 2.24) is 5.32 Å². The van der Waals surface area contributed by atoms with Gasteiger partial charge < -0.3 is 15.2 Å². The summed E-state index contributed by atoms with van der Waals surface area (Å²) in [4.78, 5) is 22.1. The number of carbonyl (C=O) groups is 2. The molecule has 3 unspecified atom stereocenters. The fourth-order valence-electron chi connectivity index (χ4n) is 2.09. The summed E-state index contributed by atoms with van der Waals surface area (Å²) in [5, 5.41) is 11.5. The summed E-state index contributed by atoms with van der Waals surface area (Å²) in [6.07, 6.45) is 1.92. The van der Waals surface area contributed by atoms with E-state index in [1.165, 1.54) is 0 Å². The van der Waals surface area contributed by atoms with Crippen molar-refractivity contribution in [3.05, 3.63) is 0 Å². The average molecular weight is 257 g/mol. The lowest BCUT2D eigenvalue weighted by molar-refractivity contribution is -0.137. The Morgan fingerprint density at radius 2 is 1.94 bits per heavy atom. The van der Waals surface area contributed by atoms with Gasteiger partial charge in [-0.05, 0) is 25.7 Å². The number of nitrogens with one attached hydrogen (secondary N) is 1. The molecule has 0 aromatic heterocycles. The zero-order valence-corrected chi connectivity index (χ0v) is 11.3. The van der Waals surface area contributed by atoms with Crippen molar-refractivity contribution >= 4 is 11.9 Å². The second kappa shape index (κ2) is 6.73. The summed E-state index contributed by atoms with van der Waals surface area (Å²) >= 11 is 0. The maximum atomic E-state index is 11.7. The Kier molecular flexibility index (Phi) is 5.59. The molecule has 18 heavy (non-hydrogen) atoms. The van der Waals surface area contributed by atoms with Crippen LogP contribution in [0.5, 0.6) is 0 Å². The smallest absolute Gasteiger partial charge is 0.303 e. The zero-order chi connectivity index (χ0) is 13.7. The molecule has 0 spiro atoms. The molecule has 1 amide bonds. The van der Waals surface area contributed by atoms with Crippen LogP contribution in [0.2, 0.25) is 0 Å². The number of hydrogen-bond donors (Lipinski definition) is 2. The van der Waals surface area contributed by atoms with Crippen LogP contribution in [0.3, 0.4) is 0 Å². The first-order chi connectivity index (χ1) is 8.40. The van der Waals surface area contributed by atoms with Crippen LogP contribution in [0, 0.1) is 5.92 Å². The van der Waals surface area contributed by atoms with E-state index in [0.29, 0.717) is 12.3 Å². The first-order valence-corrected chi connectivity index (χ1v) is 6.56. The maximum absolute atomic E-state index is 11.7. The predicted molar refractivity (Wildman–Crippen MR) is 67.2 cm³/mol. The van der Waals surface area contributed by atoms with Crippen LogP contribution in [0.15, 0.2) is 0 Å². The van der Waals surface area contributed by atoms with Gasteiger partial charge in [-0.15, -0.1) is 0 Å². The van der Waals surface area contributed by atoms with E-state index in [4.69, 9.17) is 9.84 Å². The highest BCUT2D eigenvalue weighted by molar-refractivity contribution is 5.77. The van der Waals surface area contributed by atoms with E-state index in [9.17, 15) is 9.59 Å². The lowest BCUT2D eigenvalue weighted by Gasteiger charge is -2.18. The molecule has 0 aromatic rings. The van der Waals surface area contributed by atoms with Crippen LogP contribution in [0.1, 0.15) is 46.5 Å². The van der Waals surface area contributed by atoms with Crippen LogP contribution in [-0.2, 0) is 14.3 Å². The monoisotopic (exact) mass is 257 g/mol. The van der Waals surface area contributed by atoms with E-state index in [2.05, 4.69) is 19.2 Å². The summed E-state index contributed by atoms with van der Waals surface area (Å²) in [5.41, 5.74) is 0. The molecule has 5 heteroatoms. The molecule has 104 valence electrons. The maximum Gasteiger partial charge on any atom is 0.303 e. The Hall–Kier alpha value is -1.10. The molecular formula is C13H23NO4. The highest BCUT2D eigenvalue weighted by atomic mass is 16.6. The Morgan fingerprint density at radius 3 is 2.39 bits per heavy atom. The fourth-order valence-corrected chi connectivity index (χ4v) is 2.09. The SMILES string of the molecule is CC(C)CC(NC(=O)CCCC(=O)O)C1OC1C. The highest BCUT2D eigenvalue weighted by Crippen LogP contribution is 2.28. The van der Waals surface area contributed by atoms with Gasteiger partial charge in [-0.1, -0.05) is 13.8 Å². The Balaban J connectivity index is 2.31. The van der Waals surface area contributed by atoms with Crippen molar-refractivity contribution in [2.45, 2.75) is 64.7 Å². The predicted octanol–water partition coefficient (Wildman–Crippen LogP) is 1.56. The summed E-state index contributed by atoms with van der Waals surface area (Å²) in [6, 6.07) is 0.0531. The van der Waals surface area contributed by atoms with Gasteiger partial charge in [0, 0.05) is 12.8 Å². The number of rotatable bonds is 8. The molecule has 0 aliphatic carbocycles. The third-order valence-corrected chi connectivity index (χ3v) is 3.02. The second-order valence-corrected chi connectivity index (χ2v) is 5.36. The quantitative estimate of drug-likeness (QED) is 0.647. The minimum absolute atomic E-state index is 0.0403. The number of ether oxygens (including phenoxy) is 1. The minimum atomic E-state index is -0.860. The molecule has 3 atom stereocenters. The number of carboxylic acid groups (broad SMARTS) is 1. The summed E-state index contributed by atoms with van der Waals surface area (Å²) < 4.78 is 5.41. The van der Waals surface area contributed by atoms with Gasteiger partial charge in [-0.3, -0.25) is 9.59 Å². The highest BCUT2D eigenvalue weighted by Gasteiger charge is 2.41. The summed E-state index contributed by atoms with van der Waals surface area (Å²) in [6.45, 7) is 6.21. The Bertz CT molecular complexity index is 303. The first-order valence-electron chi connectivity index (χ1n) is 6.56. The fraction of sp³-hybridized carbons (Fsp3) is 0.846. The second-order valence-electron chi connectivity index (χ2n) is 5.36. The van der Waals surface area contributed by atoms with Crippen molar-refractivity contribution in [3.8, 4) is 0 Å². The van der Waals surface area contributed by atoms with Crippen LogP contribution >= 0.6 is 0 Å². The van der Waals surface area contributed by atoms with E-state index in [1.807, 2.05) is 6.92 Å². The van der Waals surface area contributed by atoms with Gasteiger partial charge >= 0.3 is 5.97 Å². The van der Waals surface area contributed by atoms with E-state index in [-0.39, 0.29) is 37.0 Å². The largest absolute Gasteiger partial charge is 0.481 e. The number of carboxylic acids is 1. The van der Waals surface area contributed by atoms with Crippen molar-refractivity contribution in [3.63, 3.8) is 0 Å². The summed E-state index contributed by atoms with van der Waals surface area (Å²) in [5.74, 6) is -0.448. The van der Waals surface area contributed by atoms with Gasteiger partial charge in [0.15, 0.2) is 0 Å². The standard InChI is InChI=1S/C13H23NO4/c1-8(2)7-10(13-9(3)18-13)14-11(15)5-4-6-12(16)17/h8-10,13H,4-7H2,1-3H3,(H,14,15)(H,16,17). The van der Waals surface area contributed by atoms with Crippen molar-refractivity contribution in [2.24, 2.45) is 5.92 Å². The molecule has 0 saturated carbocycles. The van der Waals surface area contributed by atoms with Crippen LogP contribution in [0.25, 0.3) is 0 Å². The van der Waals surface area contributed by atoms with Crippen LogP contribution < -0.4 is 5.32 Å². The van der Waals surface area contributed by atoms with Gasteiger partial charge in [0.05, 0.1) is 12.1 Å². The molecule has 0 radical (unpaired) electrons. The number of carbonyl (C=O) groups excluding carboxylic acids is 1. The molecule has 0 bridgehead atoms. The number of hydrogen-bond acceptors (Lipinski definition) is 3. The molecule has 1 aliphatic rings. The normalized spacial score (nSPS) is 23.8. The average Bonchev–Trinajstić information content (AvgIpc) is 2.93. The molecule has 1 rings (SSSR count). The number of aliphatic carboxylic acids is 1. The van der Waals surface area contributed by atoms with Gasteiger partial charge in [0.25, 0.3) is 0 Å². The molecule has 1 aliphatic heterocycles. The van der Waals surface area contributed by atoms with E-state index in [0.717, 1.165) is 6.42 Å². The van der Waals surface area contributed by atoms with E-state index in [1.54, 1.807) is 0 Å². The third-order valence-electron chi connectivity index (χ3n) is 3.02. The molecule has 2 N–H and O–H groups in total. The Morgan fingerprint density at radius 1 is 1.33 bits per heavy atom. The molecule has 0 aromatic carbocycles. The van der Waals surface area contributed by atoms with Gasteiger partial charge in [0.1, 0.15) is 6.10 Å². The third kappa shape index (κ3) is 5.49. The Labute approximate surface area is 108 Å². The van der Waals surface area contributed by atoms with Gasteiger partial charge in [0.2, 0.25) is 5.91 Å². The zero-order valence-electron chi connectivity index (χ0n) is 11.3. The first kappa shape index (κ1) is 15.0. The van der Waals surface area contributed by atoms with Crippen molar-refractivity contribution in [2.75, 3.05) is 0 Å². The van der Waals surface area contributed by atoms with Crippen molar-refractivity contribution in [1.29, 1.82) is 0 Å². The van der Waals surface area contributed by atoms with Gasteiger partial charge in [-0.25, -0.2) is 0 Å². The molecular weight excluding hydrogens is 234 g/mol.